The number of likely N-dealkylation sites (tertiary alicyclic amines) is 1. The fourth-order valence-electron chi connectivity index (χ4n) is 3.08. The van der Waals surface area contributed by atoms with E-state index in [1.807, 2.05) is 13.8 Å². The molecule has 1 aliphatic rings. The Kier molecular flexibility index (Phi) is 8.04. The molecule has 1 saturated heterocycles. The van der Waals surface area contributed by atoms with Crippen LogP contribution in [0.15, 0.2) is 43.0 Å². The summed E-state index contributed by atoms with van der Waals surface area (Å²) in [5.74, 6) is -4.68. The van der Waals surface area contributed by atoms with Crippen LogP contribution in [0.25, 0.3) is 0 Å². The molecule has 0 aromatic heterocycles. The molecule has 9 heteroatoms. The zero-order valence-corrected chi connectivity index (χ0v) is 18.1. The number of amides is 2. The van der Waals surface area contributed by atoms with Gasteiger partial charge in [-0.25, -0.2) is 13.2 Å². The van der Waals surface area contributed by atoms with Crippen molar-refractivity contribution in [2.45, 2.75) is 26.4 Å². The molecule has 0 aliphatic carbocycles. The molecule has 172 valence electrons. The van der Waals surface area contributed by atoms with Gasteiger partial charge in [-0.3, -0.25) is 9.59 Å². The van der Waals surface area contributed by atoms with Crippen LogP contribution in [0.1, 0.15) is 29.8 Å². The molecule has 2 aromatic carbocycles. The van der Waals surface area contributed by atoms with Crippen molar-refractivity contribution >= 4 is 23.2 Å². The van der Waals surface area contributed by atoms with Crippen molar-refractivity contribution in [1.82, 2.24) is 10.2 Å². The maximum absolute atomic E-state index is 14.5. The molecule has 0 radical (unpaired) electrons. The standard InChI is InChI=1S/C21H20F3N3O3.C2H6/c1-3-8-25-20(29)21(30)10-27(11-21)19(28)13-5-6-14(22)17(24)18(13)26-16-7-4-12(2)9-15(16)23;1-2/h3-7,9,26,30H,1,8,10-11H2,2H3,(H,25,29);1-2H3. The molecule has 0 atom stereocenters. The van der Waals surface area contributed by atoms with Gasteiger partial charge in [0, 0.05) is 6.54 Å². The minimum Gasteiger partial charge on any atom is -0.377 e. The monoisotopic (exact) mass is 449 g/mol. The van der Waals surface area contributed by atoms with E-state index in [1.165, 1.54) is 18.2 Å². The van der Waals surface area contributed by atoms with Gasteiger partial charge in [0.2, 0.25) is 0 Å². The second kappa shape index (κ2) is 10.3. The Labute approximate surface area is 184 Å². The van der Waals surface area contributed by atoms with E-state index in [0.717, 1.165) is 17.0 Å². The number of rotatable bonds is 6. The molecule has 3 rings (SSSR count). The highest BCUT2D eigenvalue weighted by molar-refractivity contribution is 6.02. The Bertz CT molecular complexity index is 1020. The van der Waals surface area contributed by atoms with Crippen molar-refractivity contribution in [1.29, 1.82) is 0 Å². The molecule has 2 amide bonds. The lowest BCUT2D eigenvalue weighted by Crippen LogP contribution is -2.69. The average Bonchev–Trinajstić information content (AvgIpc) is 2.75. The number of carbonyl (C=O) groups excluding carboxylic acids is 2. The molecule has 6 nitrogen and oxygen atoms in total. The van der Waals surface area contributed by atoms with E-state index < -0.39 is 40.6 Å². The molecule has 1 aliphatic heterocycles. The summed E-state index contributed by atoms with van der Waals surface area (Å²) in [6.45, 7) is 8.61. The van der Waals surface area contributed by atoms with Crippen LogP contribution >= 0.6 is 0 Å². The lowest BCUT2D eigenvalue weighted by molar-refractivity contribution is -0.154. The fraction of sp³-hybridized carbons (Fsp3) is 0.304. The first-order chi connectivity index (χ1) is 15.2. The highest BCUT2D eigenvalue weighted by Gasteiger charge is 2.50. The van der Waals surface area contributed by atoms with Crippen molar-refractivity contribution in [3.05, 3.63) is 71.6 Å². The third kappa shape index (κ3) is 5.11. The highest BCUT2D eigenvalue weighted by Crippen LogP contribution is 2.31. The summed E-state index contributed by atoms with van der Waals surface area (Å²) in [7, 11) is 0. The van der Waals surface area contributed by atoms with E-state index in [-0.39, 0.29) is 30.9 Å². The molecule has 0 bridgehead atoms. The number of nitrogens with zero attached hydrogens (tertiary/aromatic N) is 1. The number of nitrogens with one attached hydrogen (secondary N) is 2. The van der Waals surface area contributed by atoms with Gasteiger partial charge < -0.3 is 20.6 Å². The molecule has 0 saturated carbocycles. The highest BCUT2D eigenvalue weighted by atomic mass is 19.2. The molecule has 1 heterocycles. The predicted octanol–water partition coefficient (Wildman–Crippen LogP) is 3.67. The number of carbonyl (C=O) groups is 2. The molecular formula is C23H26F3N3O3. The van der Waals surface area contributed by atoms with Crippen molar-refractivity contribution in [2.24, 2.45) is 0 Å². The Balaban J connectivity index is 0.00000176. The topological polar surface area (TPSA) is 81.7 Å². The smallest absolute Gasteiger partial charge is 0.256 e. The lowest BCUT2D eigenvalue weighted by Gasteiger charge is -2.45. The quantitative estimate of drug-likeness (QED) is 0.588. The maximum Gasteiger partial charge on any atom is 0.256 e. The number of benzene rings is 2. The molecule has 0 spiro atoms. The lowest BCUT2D eigenvalue weighted by atomic mass is 9.92. The van der Waals surface area contributed by atoms with Gasteiger partial charge in [0.15, 0.2) is 17.2 Å². The summed E-state index contributed by atoms with van der Waals surface area (Å²) in [6, 6.07) is 5.96. The molecule has 2 aromatic rings. The summed E-state index contributed by atoms with van der Waals surface area (Å²) in [5.41, 5.74) is -2.09. The van der Waals surface area contributed by atoms with Crippen LogP contribution in [-0.4, -0.2) is 47.1 Å². The van der Waals surface area contributed by atoms with E-state index in [2.05, 4.69) is 17.2 Å². The van der Waals surface area contributed by atoms with Gasteiger partial charge in [0.05, 0.1) is 30.0 Å². The van der Waals surface area contributed by atoms with E-state index in [4.69, 9.17) is 0 Å². The third-order valence-electron chi connectivity index (χ3n) is 4.73. The number of halogens is 3. The van der Waals surface area contributed by atoms with Crippen molar-refractivity contribution in [3.63, 3.8) is 0 Å². The number of aryl methyl sites for hydroxylation is 1. The Hall–Kier alpha value is -3.33. The number of β-amino-alcohol motifs (C(OH)–C–C–N with tert-alkyl or cyclic N) is 1. The van der Waals surface area contributed by atoms with Crippen LogP contribution in [-0.2, 0) is 4.79 Å². The zero-order chi connectivity index (χ0) is 24.1. The Morgan fingerprint density at radius 3 is 2.41 bits per heavy atom. The first-order valence-corrected chi connectivity index (χ1v) is 10.1. The van der Waals surface area contributed by atoms with Crippen molar-refractivity contribution < 1.29 is 27.9 Å². The van der Waals surface area contributed by atoms with Crippen LogP contribution in [0.5, 0.6) is 0 Å². The third-order valence-corrected chi connectivity index (χ3v) is 4.73. The van der Waals surface area contributed by atoms with Crippen molar-refractivity contribution in [2.75, 3.05) is 25.0 Å². The Morgan fingerprint density at radius 2 is 1.81 bits per heavy atom. The minimum absolute atomic E-state index is 0.136. The SMILES string of the molecule is C=CCNC(=O)C1(O)CN(C(=O)c2ccc(F)c(F)c2Nc2ccc(C)cc2F)C1.CC. The second-order valence-corrected chi connectivity index (χ2v) is 7.08. The second-order valence-electron chi connectivity index (χ2n) is 7.08. The van der Waals surface area contributed by atoms with Crippen LogP contribution in [0, 0.1) is 24.4 Å². The fourth-order valence-corrected chi connectivity index (χ4v) is 3.08. The van der Waals surface area contributed by atoms with Crippen LogP contribution < -0.4 is 10.6 Å². The average molecular weight is 449 g/mol. The number of hydrogen-bond acceptors (Lipinski definition) is 4. The normalized spacial score (nSPS) is 13.9. The molecule has 1 fully saturated rings. The first-order valence-electron chi connectivity index (χ1n) is 10.1. The van der Waals surface area contributed by atoms with E-state index >= 15 is 0 Å². The van der Waals surface area contributed by atoms with Crippen LogP contribution in [0.4, 0.5) is 24.5 Å². The molecule has 0 unspecified atom stereocenters. The summed E-state index contributed by atoms with van der Waals surface area (Å²) in [4.78, 5) is 25.9. The number of hydrogen-bond donors (Lipinski definition) is 3. The van der Waals surface area contributed by atoms with E-state index in [9.17, 15) is 27.9 Å². The number of aliphatic hydroxyl groups is 1. The summed E-state index contributed by atoms with van der Waals surface area (Å²) < 4.78 is 42.4. The van der Waals surface area contributed by atoms with Gasteiger partial charge in [-0.05, 0) is 36.8 Å². The van der Waals surface area contributed by atoms with Gasteiger partial charge in [0.1, 0.15) is 5.82 Å². The van der Waals surface area contributed by atoms with Crippen LogP contribution in [0.2, 0.25) is 0 Å². The summed E-state index contributed by atoms with van der Waals surface area (Å²) in [6.07, 6.45) is 1.44. The molecular weight excluding hydrogens is 423 g/mol. The summed E-state index contributed by atoms with van der Waals surface area (Å²) >= 11 is 0. The van der Waals surface area contributed by atoms with Gasteiger partial charge in [0.25, 0.3) is 11.8 Å². The van der Waals surface area contributed by atoms with Gasteiger partial charge in [-0.2, -0.15) is 0 Å². The molecule has 3 N–H and O–H groups in total. The molecule has 32 heavy (non-hydrogen) atoms. The van der Waals surface area contributed by atoms with Gasteiger partial charge in [-0.15, -0.1) is 6.58 Å². The Morgan fingerprint density at radius 1 is 1.16 bits per heavy atom. The maximum atomic E-state index is 14.5. The summed E-state index contributed by atoms with van der Waals surface area (Å²) in [5, 5.41) is 15.2. The van der Waals surface area contributed by atoms with Crippen molar-refractivity contribution in [3.8, 4) is 0 Å². The first kappa shape index (κ1) is 24.9. The largest absolute Gasteiger partial charge is 0.377 e. The predicted molar refractivity (Wildman–Crippen MR) is 116 cm³/mol. The van der Waals surface area contributed by atoms with Gasteiger partial charge in [-0.1, -0.05) is 26.0 Å². The zero-order valence-electron chi connectivity index (χ0n) is 18.1. The van der Waals surface area contributed by atoms with E-state index in [0.29, 0.717) is 5.56 Å². The van der Waals surface area contributed by atoms with E-state index in [1.54, 1.807) is 13.0 Å². The van der Waals surface area contributed by atoms with Crippen LogP contribution in [0.3, 0.4) is 0 Å². The number of anilines is 2. The minimum atomic E-state index is -1.78. The van der Waals surface area contributed by atoms with Gasteiger partial charge >= 0.3 is 0 Å².